The number of piperidine rings is 1. The highest BCUT2D eigenvalue weighted by atomic mass is 19.3. The van der Waals surface area contributed by atoms with Crippen molar-refractivity contribution in [1.82, 2.24) is 24.4 Å². The molecule has 2 N–H and O–H groups in total. The van der Waals surface area contributed by atoms with Crippen LogP contribution in [0, 0.1) is 5.92 Å². The molecule has 0 spiro atoms. The van der Waals surface area contributed by atoms with Gasteiger partial charge in [0.1, 0.15) is 11.4 Å². The van der Waals surface area contributed by atoms with Gasteiger partial charge in [0.15, 0.2) is 11.3 Å². The Morgan fingerprint density at radius 3 is 2.63 bits per heavy atom. The summed E-state index contributed by atoms with van der Waals surface area (Å²) >= 11 is 0. The molecule has 3 aromatic rings. The van der Waals surface area contributed by atoms with Crippen molar-refractivity contribution in [3.8, 4) is 0 Å². The van der Waals surface area contributed by atoms with Crippen molar-refractivity contribution in [2.45, 2.75) is 70.4 Å². The molecule has 35 heavy (non-hydrogen) atoms. The molecule has 1 saturated heterocycles. The van der Waals surface area contributed by atoms with Gasteiger partial charge in [0.2, 0.25) is 0 Å². The van der Waals surface area contributed by atoms with Crippen LogP contribution in [-0.4, -0.2) is 54.6 Å². The van der Waals surface area contributed by atoms with Gasteiger partial charge in [-0.2, -0.15) is 10.2 Å². The molecule has 0 bridgehead atoms. The zero-order valence-corrected chi connectivity index (χ0v) is 19.8. The lowest BCUT2D eigenvalue weighted by Crippen LogP contribution is -2.36. The minimum atomic E-state index is -2.80. The number of hydrogen-bond acceptors (Lipinski definition) is 6. The second kappa shape index (κ2) is 9.88. The molecular formula is C24H31F2N7O2. The number of halogens is 2. The maximum atomic E-state index is 13.8. The topological polar surface area (TPSA) is 101 Å². The van der Waals surface area contributed by atoms with Crippen LogP contribution >= 0.6 is 0 Å². The SMILES string of the molecule is CC[C@H]1CC[C@H](n2cc(NC(=O)c3cnn4ccc(N5CCC(O)CC5)nc34)c(C(F)F)n2)CC1. The van der Waals surface area contributed by atoms with Gasteiger partial charge >= 0.3 is 0 Å². The van der Waals surface area contributed by atoms with Crippen LogP contribution in [0.25, 0.3) is 5.65 Å². The average molecular weight is 488 g/mol. The van der Waals surface area contributed by atoms with Gasteiger partial charge in [-0.1, -0.05) is 13.3 Å². The summed E-state index contributed by atoms with van der Waals surface area (Å²) in [5, 5.41) is 20.7. The first kappa shape index (κ1) is 23.7. The number of hydrogen-bond donors (Lipinski definition) is 2. The molecule has 3 aromatic heterocycles. The van der Waals surface area contributed by atoms with Crippen LogP contribution < -0.4 is 10.2 Å². The Morgan fingerprint density at radius 2 is 1.94 bits per heavy atom. The highest BCUT2D eigenvalue weighted by Gasteiger charge is 2.27. The average Bonchev–Trinajstić information content (AvgIpc) is 3.49. The van der Waals surface area contributed by atoms with E-state index in [2.05, 4.69) is 27.4 Å². The number of carbonyl (C=O) groups is 1. The third kappa shape index (κ3) is 4.86. The number of aromatic nitrogens is 5. The van der Waals surface area contributed by atoms with Crippen molar-refractivity contribution < 1.29 is 18.7 Å². The maximum Gasteiger partial charge on any atom is 0.284 e. The van der Waals surface area contributed by atoms with E-state index in [4.69, 9.17) is 0 Å². The largest absolute Gasteiger partial charge is 0.393 e. The van der Waals surface area contributed by atoms with E-state index in [0.717, 1.165) is 32.1 Å². The molecular weight excluding hydrogens is 456 g/mol. The van der Waals surface area contributed by atoms with Gasteiger partial charge in [-0.05, 0) is 50.5 Å². The standard InChI is InChI=1S/C24H31F2N7O2/c1-2-15-3-5-16(6-4-15)33-14-19(21(30-33)22(25)26)28-24(35)18-13-27-32-12-9-20(29-23(18)32)31-10-7-17(34)8-11-31/h9,12-17,22,34H,2-8,10-11H2,1H3,(H,28,35)/t15-,16-. The number of alkyl halides is 2. The fraction of sp³-hybridized carbons (Fsp3) is 0.583. The second-order valence-electron chi connectivity index (χ2n) is 9.58. The van der Waals surface area contributed by atoms with E-state index in [0.29, 0.717) is 43.3 Å². The molecule has 11 heteroatoms. The Labute approximate surface area is 202 Å². The molecule has 9 nitrogen and oxygen atoms in total. The lowest BCUT2D eigenvalue weighted by atomic mass is 9.85. The molecule has 0 atom stereocenters. The van der Waals surface area contributed by atoms with Crippen LogP contribution in [0.5, 0.6) is 0 Å². The highest BCUT2D eigenvalue weighted by Crippen LogP contribution is 2.36. The second-order valence-corrected chi connectivity index (χ2v) is 9.58. The van der Waals surface area contributed by atoms with Crippen LogP contribution in [-0.2, 0) is 0 Å². The van der Waals surface area contributed by atoms with E-state index in [1.807, 2.05) is 11.0 Å². The lowest BCUT2D eigenvalue weighted by Gasteiger charge is -2.30. The highest BCUT2D eigenvalue weighted by molar-refractivity contribution is 6.08. The molecule has 2 fully saturated rings. The smallest absolute Gasteiger partial charge is 0.284 e. The van der Waals surface area contributed by atoms with Crippen molar-refractivity contribution in [1.29, 1.82) is 0 Å². The Balaban J connectivity index is 1.37. The van der Waals surface area contributed by atoms with Gasteiger partial charge in [-0.25, -0.2) is 18.3 Å². The Hall–Kier alpha value is -3.08. The summed E-state index contributed by atoms with van der Waals surface area (Å²) in [7, 11) is 0. The number of aliphatic hydroxyl groups excluding tert-OH is 1. The number of fused-ring (bicyclic) bond motifs is 1. The lowest BCUT2D eigenvalue weighted by molar-refractivity contribution is 0.102. The van der Waals surface area contributed by atoms with Crippen molar-refractivity contribution in [2.75, 3.05) is 23.3 Å². The number of rotatable bonds is 6. The molecule has 1 aliphatic heterocycles. The Morgan fingerprint density at radius 1 is 1.20 bits per heavy atom. The Bertz CT molecular complexity index is 1180. The van der Waals surface area contributed by atoms with E-state index >= 15 is 0 Å². The first-order valence-corrected chi connectivity index (χ1v) is 12.4. The number of amides is 1. The van der Waals surface area contributed by atoms with Gasteiger partial charge in [0.25, 0.3) is 12.3 Å². The van der Waals surface area contributed by atoms with Gasteiger partial charge < -0.3 is 15.3 Å². The minimum Gasteiger partial charge on any atom is -0.393 e. The normalized spacial score (nSPS) is 21.7. The molecule has 188 valence electrons. The maximum absolute atomic E-state index is 13.8. The van der Waals surface area contributed by atoms with Gasteiger partial charge in [-0.15, -0.1) is 0 Å². The predicted molar refractivity (Wildman–Crippen MR) is 127 cm³/mol. The molecule has 0 radical (unpaired) electrons. The molecule has 4 heterocycles. The monoisotopic (exact) mass is 487 g/mol. The van der Waals surface area contributed by atoms with Crippen molar-refractivity contribution in [3.05, 3.63) is 35.9 Å². The van der Waals surface area contributed by atoms with E-state index < -0.39 is 18.0 Å². The van der Waals surface area contributed by atoms with Crippen LogP contribution in [0.2, 0.25) is 0 Å². The minimum absolute atomic E-state index is 0.0168. The third-order valence-electron chi connectivity index (χ3n) is 7.37. The summed E-state index contributed by atoms with van der Waals surface area (Å²) in [6, 6.07) is 1.87. The number of aliphatic hydroxyl groups is 1. The van der Waals surface area contributed by atoms with E-state index in [-0.39, 0.29) is 23.4 Å². The van der Waals surface area contributed by atoms with E-state index in [1.54, 1.807) is 10.9 Å². The Kier molecular flexibility index (Phi) is 6.68. The van der Waals surface area contributed by atoms with E-state index in [1.165, 1.54) is 16.9 Å². The van der Waals surface area contributed by atoms with Crippen molar-refractivity contribution in [3.63, 3.8) is 0 Å². The quantitative estimate of drug-likeness (QED) is 0.540. The zero-order chi connectivity index (χ0) is 24.5. The molecule has 1 saturated carbocycles. The van der Waals surface area contributed by atoms with Gasteiger partial charge in [-0.3, -0.25) is 9.48 Å². The summed E-state index contributed by atoms with van der Waals surface area (Å²) < 4.78 is 30.6. The van der Waals surface area contributed by atoms with Gasteiger partial charge in [0.05, 0.1) is 24.0 Å². The molecule has 5 rings (SSSR count). The molecule has 0 unspecified atom stereocenters. The summed E-state index contributed by atoms with van der Waals surface area (Å²) in [4.78, 5) is 19.8. The number of carbonyl (C=O) groups excluding carboxylic acids is 1. The molecule has 1 amide bonds. The van der Waals surface area contributed by atoms with Crippen LogP contribution in [0.4, 0.5) is 20.3 Å². The number of anilines is 2. The summed E-state index contributed by atoms with van der Waals surface area (Å²) in [5.41, 5.74) is 0.131. The molecule has 0 aromatic carbocycles. The number of nitrogens with one attached hydrogen (secondary N) is 1. The van der Waals surface area contributed by atoms with Crippen molar-refractivity contribution >= 4 is 23.1 Å². The summed E-state index contributed by atoms with van der Waals surface area (Å²) in [6.07, 6.45) is 7.85. The van der Waals surface area contributed by atoms with Crippen LogP contribution in [0.1, 0.15) is 80.4 Å². The zero-order valence-electron chi connectivity index (χ0n) is 19.8. The molecule has 2 aliphatic rings. The fourth-order valence-electron chi connectivity index (χ4n) is 5.15. The summed E-state index contributed by atoms with van der Waals surface area (Å²) in [6.45, 7) is 3.50. The third-order valence-corrected chi connectivity index (χ3v) is 7.37. The summed E-state index contributed by atoms with van der Waals surface area (Å²) in [5.74, 6) is 0.802. The first-order chi connectivity index (χ1) is 16.9. The number of nitrogens with zero attached hydrogens (tertiary/aromatic N) is 6. The predicted octanol–water partition coefficient (Wildman–Crippen LogP) is 4.22. The molecule has 1 aliphatic carbocycles. The first-order valence-electron chi connectivity index (χ1n) is 12.4. The van der Waals surface area contributed by atoms with Gasteiger partial charge in [0, 0.05) is 25.5 Å². The van der Waals surface area contributed by atoms with Crippen LogP contribution in [0.15, 0.2) is 24.7 Å². The van der Waals surface area contributed by atoms with E-state index in [9.17, 15) is 18.7 Å². The fourth-order valence-corrected chi connectivity index (χ4v) is 5.15. The van der Waals surface area contributed by atoms with Crippen LogP contribution in [0.3, 0.4) is 0 Å². The van der Waals surface area contributed by atoms with Crippen molar-refractivity contribution in [2.24, 2.45) is 5.92 Å².